The lowest BCUT2D eigenvalue weighted by molar-refractivity contribution is -0.149. The van der Waals surface area contributed by atoms with Crippen LogP contribution in [0.5, 0.6) is 0 Å². The second-order valence-electron chi connectivity index (χ2n) is 7.93. The first kappa shape index (κ1) is 21.2. The van der Waals surface area contributed by atoms with Crippen molar-refractivity contribution in [3.8, 4) is 0 Å². The fourth-order valence-corrected chi connectivity index (χ4v) is 5.24. The molecule has 2 bridgehead atoms. The Labute approximate surface area is 173 Å². The highest BCUT2D eigenvalue weighted by molar-refractivity contribution is 6.11. The number of allylic oxidation sites excluding steroid dienone is 3. The molecule has 2 fully saturated rings. The number of hydrogen-bond donors (Lipinski definition) is 0. The van der Waals surface area contributed by atoms with Crippen LogP contribution in [0.25, 0.3) is 0 Å². The number of ketones is 2. The van der Waals surface area contributed by atoms with Gasteiger partial charge in [-0.1, -0.05) is 54.6 Å². The van der Waals surface area contributed by atoms with Gasteiger partial charge in [-0.05, 0) is 31.6 Å². The SMILES string of the molecule is C=CCCC=C(C(=O)c1ccccc1)C1(CC=C)C2CCC(=O)C1(CC=C)OC2. The van der Waals surface area contributed by atoms with E-state index in [1.54, 1.807) is 6.08 Å². The lowest BCUT2D eigenvalue weighted by Gasteiger charge is -2.49. The molecule has 152 valence electrons. The average Bonchev–Trinajstić information content (AvgIpc) is 2.94. The summed E-state index contributed by atoms with van der Waals surface area (Å²) >= 11 is 0. The molecule has 0 N–H and O–H groups in total. The summed E-state index contributed by atoms with van der Waals surface area (Å²) in [6.07, 6.45) is 11.0. The maximum absolute atomic E-state index is 13.8. The van der Waals surface area contributed by atoms with Crippen LogP contribution in [0.1, 0.15) is 48.9 Å². The second-order valence-corrected chi connectivity index (χ2v) is 7.93. The Bertz CT molecular complexity index is 835. The van der Waals surface area contributed by atoms with Gasteiger partial charge in [-0.2, -0.15) is 0 Å². The highest BCUT2D eigenvalue weighted by Crippen LogP contribution is 2.62. The van der Waals surface area contributed by atoms with E-state index in [-0.39, 0.29) is 17.5 Å². The molecule has 3 rings (SSSR count). The standard InChI is InChI=1S/C26H30O3/c1-4-7-9-14-22(24(28)20-12-10-8-11-13-20)25(17-5-2)21-15-16-23(27)26(25,18-6-3)29-19-21/h4-6,8,10-14,21H,1-3,7,9,15-19H2. The smallest absolute Gasteiger partial charge is 0.189 e. The van der Waals surface area contributed by atoms with Crippen molar-refractivity contribution in [2.75, 3.05) is 6.61 Å². The molecule has 1 aliphatic heterocycles. The van der Waals surface area contributed by atoms with Crippen molar-refractivity contribution in [3.63, 3.8) is 0 Å². The van der Waals surface area contributed by atoms with E-state index in [1.165, 1.54) is 0 Å². The van der Waals surface area contributed by atoms with Crippen molar-refractivity contribution in [2.24, 2.45) is 11.3 Å². The van der Waals surface area contributed by atoms with Crippen LogP contribution in [0.3, 0.4) is 0 Å². The maximum atomic E-state index is 13.8. The second kappa shape index (κ2) is 8.87. The molecule has 3 heteroatoms. The van der Waals surface area contributed by atoms with Gasteiger partial charge in [-0.15, -0.1) is 19.7 Å². The fourth-order valence-electron chi connectivity index (χ4n) is 5.24. The summed E-state index contributed by atoms with van der Waals surface area (Å²) in [4.78, 5) is 27.1. The maximum Gasteiger partial charge on any atom is 0.189 e. The number of hydrogen-bond acceptors (Lipinski definition) is 3. The summed E-state index contributed by atoms with van der Waals surface area (Å²) in [7, 11) is 0. The number of rotatable bonds is 10. The Morgan fingerprint density at radius 1 is 1.07 bits per heavy atom. The van der Waals surface area contributed by atoms with Crippen LogP contribution in [0, 0.1) is 11.3 Å². The van der Waals surface area contributed by atoms with E-state index in [4.69, 9.17) is 4.74 Å². The highest BCUT2D eigenvalue weighted by atomic mass is 16.5. The molecule has 3 unspecified atom stereocenters. The third-order valence-electron chi connectivity index (χ3n) is 6.50. The monoisotopic (exact) mass is 390 g/mol. The zero-order valence-electron chi connectivity index (χ0n) is 17.1. The highest BCUT2D eigenvalue weighted by Gasteiger charge is 2.68. The van der Waals surface area contributed by atoms with E-state index in [1.807, 2.05) is 48.6 Å². The fraction of sp³-hybridized carbons (Fsp3) is 0.385. The number of Topliss-reactive ketones (excluding diaryl/α,β-unsaturated/α-hetero) is 2. The predicted octanol–water partition coefficient (Wildman–Crippen LogP) is 5.65. The van der Waals surface area contributed by atoms with E-state index in [2.05, 4.69) is 19.7 Å². The molecule has 0 amide bonds. The van der Waals surface area contributed by atoms with Crippen molar-refractivity contribution in [1.29, 1.82) is 0 Å². The van der Waals surface area contributed by atoms with Gasteiger partial charge in [0.1, 0.15) is 5.60 Å². The third-order valence-corrected chi connectivity index (χ3v) is 6.50. The van der Waals surface area contributed by atoms with Gasteiger partial charge in [0.25, 0.3) is 0 Å². The number of benzene rings is 1. The van der Waals surface area contributed by atoms with E-state index in [0.717, 1.165) is 12.8 Å². The molecular weight excluding hydrogens is 360 g/mol. The molecule has 1 aromatic rings. The number of carbonyl (C=O) groups is 2. The quantitative estimate of drug-likeness (QED) is 0.224. The summed E-state index contributed by atoms with van der Waals surface area (Å²) in [5.41, 5.74) is -0.447. The summed E-state index contributed by atoms with van der Waals surface area (Å²) in [6.45, 7) is 12.1. The largest absolute Gasteiger partial charge is 0.366 e. The number of ether oxygens (including phenoxy) is 1. The molecule has 0 spiro atoms. The molecule has 1 saturated heterocycles. The molecule has 1 aliphatic carbocycles. The summed E-state index contributed by atoms with van der Waals surface area (Å²) in [6, 6.07) is 9.29. The van der Waals surface area contributed by atoms with E-state index in [0.29, 0.717) is 43.4 Å². The lowest BCUT2D eigenvalue weighted by atomic mass is 9.52. The lowest BCUT2D eigenvalue weighted by Crippen LogP contribution is -2.58. The van der Waals surface area contributed by atoms with Crippen LogP contribution in [0.2, 0.25) is 0 Å². The van der Waals surface area contributed by atoms with Gasteiger partial charge in [-0.3, -0.25) is 9.59 Å². The van der Waals surface area contributed by atoms with Gasteiger partial charge >= 0.3 is 0 Å². The van der Waals surface area contributed by atoms with Crippen molar-refractivity contribution in [3.05, 3.63) is 85.5 Å². The molecule has 1 heterocycles. The molecular formula is C26H30O3. The molecule has 1 aromatic carbocycles. The van der Waals surface area contributed by atoms with Crippen LogP contribution in [-0.4, -0.2) is 23.8 Å². The summed E-state index contributed by atoms with van der Waals surface area (Å²) in [5, 5.41) is 0. The van der Waals surface area contributed by atoms with Gasteiger partial charge in [-0.25, -0.2) is 0 Å². The van der Waals surface area contributed by atoms with Crippen LogP contribution < -0.4 is 0 Å². The number of carbonyl (C=O) groups excluding carboxylic acids is 2. The van der Waals surface area contributed by atoms with Gasteiger partial charge in [0.15, 0.2) is 11.6 Å². The van der Waals surface area contributed by atoms with Crippen LogP contribution in [0.15, 0.2) is 79.9 Å². The van der Waals surface area contributed by atoms with Crippen LogP contribution >= 0.6 is 0 Å². The summed E-state index contributed by atoms with van der Waals surface area (Å²) < 4.78 is 6.28. The summed E-state index contributed by atoms with van der Waals surface area (Å²) in [5.74, 6) is 0.138. The van der Waals surface area contributed by atoms with E-state index >= 15 is 0 Å². The zero-order chi connectivity index (χ0) is 20.9. The van der Waals surface area contributed by atoms with Crippen molar-refractivity contribution in [2.45, 2.75) is 44.1 Å². The van der Waals surface area contributed by atoms with Gasteiger partial charge < -0.3 is 4.74 Å². The number of fused-ring (bicyclic) bond motifs is 2. The number of unbranched alkanes of at least 4 members (excludes halogenated alkanes) is 1. The Balaban J connectivity index is 2.23. The first-order chi connectivity index (χ1) is 14.1. The Hall–Kier alpha value is -2.52. The van der Waals surface area contributed by atoms with Gasteiger partial charge in [0.05, 0.1) is 6.61 Å². The Morgan fingerprint density at radius 2 is 1.79 bits per heavy atom. The van der Waals surface area contributed by atoms with Crippen molar-refractivity contribution < 1.29 is 14.3 Å². The molecule has 3 nitrogen and oxygen atoms in total. The first-order valence-corrected chi connectivity index (χ1v) is 10.4. The molecule has 0 aromatic heterocycles. The van der Waals surface area contributed by atoms with Crippen LogP contribution in [0.4, 0.5) is 0 Å². The minimum absolute atomic E-state index is 0.0323. The average molecular weight is 391 g/mol. The van der Waals surface area contributed by atoms with Gasteiger partial charge in [0, 0.05) is 29.4 Å². The van der Waals surface area contributed by atoms with Gasteiger partial charge in [0.2, 0.25) is 0 Å². The molecule has 2 aliphatic rings. The minimum Gasteiger partial charge on any atom is -0.366 e. The Morgan fingerprint density at radius 3 is 2.45 bits per heavy atom. The van der Waals surface area contributed by atoms with E-state index in [9.17, 15) is 9.59 Å². The molecule has 0 radical (unpaired) electrons. The Kier molecular flexibility index (Phi) is 6.49. The molecule has 1 saturated carbocycles. The van der Waals surface area contributed by atoms with E-state index < -0.39 is 11.0 Å². The van der Waals surface area contributed by atoms with Crippen LogP contribution in [-0.2, 0) is 9.53 Å². The minimum atomic E-state index is -1.05. The predicted molar refractivity (Wildman–Crippen MR) is 117 cm³/mol. The zero-order valence-corrected chi connectivity index (χ0v) is 17.1. The normalized spacial score (nSPS) is 28.8. The topological polar surface area (TPSA) is 43.4 Å². The first-order valence-electron chi connectivity index (χ1n) is 10.4. The molecule has 3 atom stereocenters. The van der Waals surface area contributed by atoms with Crippen molar-refractivity contribution in [1.82, 2.24) is 0 Å². The van der Waals surface area contributed by atoms with Crippen molar-refractivity contribution >= 4 is 11.6 Å². The molecule has 29 heavy (non-hydrogen) atoms. The third kappa shape index (κ3) is 3.38.